The fraction of sp³-hybridized carbons (Fsp3) is 0.643. The SMILES string of the molecule is CN1C2CCC1CC(C#N)(NCc1cccs1)C2. The van der Waals surface area contributed by atoms with E-state index in [9.17, 15) is 5.26 Å². The first kappa shape index (κ1) is 12.2. The summed E-state index contributed by atoms with van der Waals surface area (Å²) >= 11 is 1.76. The van der Waals surface area contributed by atoms with Crippen LogP contribution in [0.3, 0.4) is 0 Å². The summed E-state index contributed by atoms with van der Waals surface area (Å²) in [6, 6.07) is 7.96. The average Bonchev–Trinajstić information content (AvgIpc) is 2.96. The molecule has 0 aliphatic carbocycles. The molecule has 18 heavy (non-hydrogen) atoms. The Hall–Kier alpha value is -0.890. The molecule has 4 heteroatoms. The largest absolute Gasteiger partial charge is 0.300 e. The second-order valence-electron chi connectivity index (χ2n) is 5.59. The maximum Gasteiger partial charge on any atom is 0.110 e. The third kappa shape index (κ3) is 2.07. The first-order chi connectivity index (χ1) is 8.72. The number of rotatable bonds is 3. The van der Waals surface area contributed by atoms with Crippen molar-refractivity contribution in [3.63, 3.8) is 0 Å². The van der Waals surface area contributed by atoms with Gasteiger partial charge >= 0.3 is 0 Å². The number of fused-ring (bicyclic) bond motifs is 2. The highest BCUT2D eigenvalue weighted by Gasteiger charge is 2.46. The summed E-state index contributed by atoms with van der Waals surface area (Å²) in [6.45, 7) is 0.828. The van der Waals surface area contributed by atoms with Crippen molar-refractivity contribution in [3.8, 4) is 6.07 Å². The summed E-state index contributed by atoms with van der Waals surface area (Å²) < 4.78 is 0. The third-order valence-corrected chi connectivity index (χ3v) is 5.42. The van der Waals surface area contributed by atoms with Gasteiger partial charge in [-0.05, 0) is 44.2 Å². The third-order valence-electron chi connectivity index (χ3n) is 4.55. The van der Waals surface area contributed by atoms with Crippen molar-refractivity contribution in [2.45, 2.75) is 49.9 Å². The van der Waals surface area contributed by atoms with Crippen LogP contribution in [-0.4, -0.2) is 29.6 Å². The molecular weight excluding hydrogens is 242 g/mol. The molecule has 0 amide bonds. The van der Waals surface area contributed by atoms with Crippen LogP contribution in [0.25, 0.3) is 0 Å². The van der Waals surface area contributed by atoms with Crippen molar-refractivity contribution in [2.75, 3.05) is 7.05 Å². The Morgan fingerprint density at radius 3 is 2.78 bits per heavy atom. The van der Waals surface area contributed by atoms with Crippen LogP contribution in [0.5, 0.6) is 0 Å². The summed E-state index contributed by atoms with van der Waals surface area (Å²) in [7, 11) is 2.21. The average molecular weight is 261 g/mol. The molecule has 3 heterocycles. The molecule has 0 radical (unpaired) electrons. The van der Waals surface area contributed by atoms with Gasteiger partial charge in [-0.2, -0.15) is 5.26 Å². The standard InChI is InChI=1S/C14H19N3S/c1-17-11-4-5-12(17)8-14(7-11,10-15)16-9-13-3-2-6-18-13/h2-3,6,11-12,16H,4-5,7-9H2,1H3. The van der Waals surface area contributed by atoms with Gasteiger partial charge in [-0.15, -0.1) is 11.3 Å². The molecule has 96 valence electrons. The van der Waals surface area contributed by atoms with Crippen LogP contribution in [-0.2, 0) is 6.54 Å². The molecule has 0 saturated carbocycles. The zero-order valence-electron chi connectivity index (χ0n) is 10.7. The summed E-state index contributed by atoms with van der Waals surface area (Å²) in [4.78, 5) is 3.79. The lowest BCUT2D eigenvalue weighted by molar-refractivity contribution is 0.118. The number of hydrogen-bond donors (Lipinski definition) is 1. The highest BCUT2D eigenvalue weighted by atomic mass is 32.1. The van der Waals surface area contributed by atoms with Crippen molar-refractivity contribution in [1.29, 1.82) is 5.26 Å². The van der Waals surface area contributed by atoms with Gasteiger partial charge in [-0.3, -0.25) is 5.32 Å². The van der Waals surface area contributed by atoms with Gasteiger partial charge in [0, 0.05) is 23.5 Å². The van der Waals surface area contributed by atoms with E-state index >= 15 is 0 Å². The van der Waals surface area contributed by atoms with Crippen LogP contribution in [0.15, 0.2) is 17.5 Å². The molecule has 1 aromatic rings. The van der Waals surface area contributed by atoms with Crippen LogP contribution in [0, 0.1) is 11.3 Å². The van der Waals surface area contributed by atoms with Crippen LogP contribution in [0.2, 0.25) is 0 Å². The fourth-order valence-corrected chi connectivity index (χ4v) is 4.06. The van der Waals surface area contributed by atoms with Crippen molar-refractivity contribution in [2.24, 2.45) is 0 Å². The quantitative estimate of drug-likeness (QED) is 0.908. The molecule has 1 N–H and O–H groups in total. The monoisotopic (exact) mass is 261 g/mol. The highest BCUT2D eigenvalue weighted by molar-refractivity contribution is 7.09. The molecule has 0 spiro atoms. The van der Waals surface area contributed by atoms with Crippen LogP contribution >= 0.6 is 11.3 Å². The summed E-state index contributed by atoms with van der Waals surface area (Å²) in [6.07, 6.45) is 4.46. The lowest BCUT2D eigenvalue weighted by Crippen LogP contribution is -2.55. The molecular formula is C14H19N3S. The molecule has 2 aliphatic heterocycles. The summed E-state index contributed by atoms with van der Waals surface area (Å²) in [5.41, 5.74) is -0.303. The molecule has 0 aromatic carbocycles. The minimum atomic E-state index is -0.303. The maximum absolute atomic E-state index is 9.59. The summed E-state index contributed by atoms with van der Waals surface area (Å²) in [5, 5.41) is 15.2. The molecule has 2 bridgehead atoms. The van der Waals surface area contributed by atoms with E-state index in [4.69, 9.17) is 0 Å². The number of nitriles is 1. The second-order valence-corrected chi connectivity index (χ2v) is 6.62. The van der Waals surface area contributed by atoms with Crippen molar-refractivity contribution >= 4 is 11.3 Å². The molecule has 2 saturated heterocycles. The van der Waals surface area contributed by atoms with E-state index in [1.165, 1.54) is 17.7 Å². The molecule has 1 aromatic heterocycles. The van der Waals surface area contributed by atoms with Crippen molar-refractivity contribution in [1.82, 2.24) is 10.2 Å². The van der Waals surface area contributed by atoms with E-state index in [2.05, 4.69) is 40.8 Å². The van der Waals surface area contributed by atoms with Gasteiger partial charge in [-0.25, -0.2) is 0 Å². The van der Waals surface area contributed by atoms with Gasteiger partial charge in [-0.1, -0.05) is 6.07 Å². The predicted molar refractivity (Wildman–Crippen MR) is 73.3 cm³/mol. The number of piperidine rings is 1. The second kappa shape index (κ2) is 4.65. The topological polar surface area (TPSA) is 39.1 Å². The number of hydrogen-bond acceptors (Lipinski definition) is 4. The lowest BCUT2D eigenvalue weighted by Gasteiger charge is -2.41. The zero-order valence-corrected chi connectivity index (χ0v) is 11.5. The Morgan fingerprint density at radius 2 is 2.22 bits per heavy atom. The molecule has 2 aliphatic rings. The Bertz CT molecular complexity index is 434. The van der Waals surface area contributed by atoms with E-state index in [0.29, 0.717) is 12.1 Å². The molecule has 2 unspecified atom stereocenters. The first-order valence-corrected chi connectivity index (χ1v) is 7.51. The maximum atomic E-state index is 9.59. The van der Waals surface area contributed by atoms with Gasteiger partial charge in [0.2, 0.25) is 0 Å². The molecule has 3 rings (SSSR count). The first-order valence-electron chi connectivity index (χ1n) is 6.63. The van der Waals surface area contributed by atoms with Gasteiger partial charge in [0.1, 0.15) is 5.54 Å². The van der Waals surface area contributed by atoms with E-state index < -0.39 is 0 Å². The van der Waals surface area contributed by atoms with E-state index in [0.717, 1.165) is 19.4 Å². The molecule has 2 atom stereocenters. The smallest absolute Gasteiger partial charge is 0.110 e. The van der Waals surface area contributed by atoms with Gasteiger partial charge in [0.15, 0.2) is 0 Å². The normalized spacial score (nSPS) is 35.6. The highest BCUT2D eigenvalue weighted by Crippen LogP contribution is 2.39. The molecule has 2 fully saturated rings. The van der Waals surface area contributed by atoms with Gasteiger partial charge in [0.05, 0.1) is 6.07 Å². The Kier molecular flexibility index (Phi) is 3.14. The van der Waals surface area contributed by atoms with E-state index in [1.54, 1.807) is 11.3 Å². The number of nitrogens with one attached hydrogen (secondary N) is 1. The Labute approximate surface area is 112 Å². The molecule has 3 nitrogen and oxygen atoms in total. The lowest BCUT2D eigenvalue weighted by atomic mass is 9.84. The minimum Gasteiger partial charge on any atom is -0.300 e. The predicted octanol–water partition coefficient (Wildman–Crippen LogP) is 2.36. The van der Waals surface area contributed by atoms with E-state index in [-0.39, 0.29) is 5.54 Å². The minimum absolute atomic E-state index is 0.303. The van der Waals surface area contributed by atoms with Gasteiger partial charge in [0.25, 0.3) is 0 Å². The van der Waals surface area contributed by atoms with Crippen LogP contribution < -0.4 is 5.32 Å². The van der Waals surface area contributed by atoms with E-state index in [1.807, 2.05) is 0 Å². The van der Waals surface area contributed by atoms with Crippen LogP contribution in [0.1, 0.15) is 30.6 Å². The van der Waals surface area contributed by atoms with Gasteiger partial charge < -0.3 is 4.90 Å². The Morgan fingerprint density at radius 1 is 1.50 bits per heavy atom. The summed E-state index contributed by atoms with van der Waals surface area (Å²) in [5.74, 6) is 0. The zero-order chi connectivity index (χ0) is 12.6. The fourth-order valence-electron chi connectivity index (χ4n) is 3.41. The Balaban J connectivity index is 1.70. The number of thiophene rings is 1. The van der Waals surface area contributed by atoms with Crippen molar-refractivity contribution in [3.05, 3.63) is 22.4 Å². The van der Waals surface area contributed by atoms with Crippen molar-refractivity contribution < 1.29 is 0 Å². The number of nitrogens with zero attached hydrogens (tertiary/aromatic N) is 2. The van der Waals surface area contributed by atoms with Crippen LogP contribution in [0.4, 0.5) is 0 Å².